The number of fused-ring (bicyclic) bond motifs is 6. The zero-order valence-electron chi connectivity index (χ0n) is 18.5. The average molecular weight is 403 g/mol. The summed E-state index contributed by atoms with van der Waals surface area (Å²) < 4.78 is 0. The minimum Gasteiger partial charge on any atom is -0.507 e. The van der Waals surface area contributed by atoms with Gasteiger partial charge in [-0.25, -0.2) is 0 Å². The van der Waals surface area contributed by atoms with Crippen LogP contribution >= 0.6 is 0 Å². The van der Waals surface area contributed by atoms with Crippen molar-refractivity contribution in [2.75, 3.05) is 0 Å². The fraction of sp³-hybridized carbons (Fsp3) is 0.200. The maximum atomic E-state index is 10.6. The summed E-state index contributed by atoms with van der Waals surface area (Å²) in [5, 5.41) is 10.6. The molecule has 0 saturated carbocycles. The van der Waals surface area contributed by atoms with E-state index in [-0.39, 0.29) is 10.8 Å². The summed E-state index contributed by atoms with van der Waals surface area (Å²) in [5.74, 6) is 0.369. The molecule has 0 spiro atoms. The molecule has 4 aromatic carbocycles. The van der Waals surface area contributed by atoms with Crippen LogP contribution in [0.3, 0.4) is 0 Å². The maximum absolute atomic E-state index is 10.6. The molecule has 0 unspecified atom stereocenters. The van der Waals surface area contributed by atoms with Crippen molar-refractivity contribution < 1.29 is 5.11 Å². The second-order valence-corrected chi connectivity index (χ2v) is 9.98. The zero-order chi connectivity index (χ0) is 21.5. The first-order valence-corrected chi connectivity index (χ1v) is 11.0. The quantitative estimate of drug-likeness (QED) is 0.346. The number of hydrogen-bond acceptors (Lipinski definition) is 1. The van der Waals surface area contributed by atoms with E-state index in [2.05, 4.69) is 94.4 Å². The van der Waals surface area contributed by atoms with Gasteiger partial charge in [0.05, 0.1) is 0 Å². The van der Waals surface area contributed by atoms with Crippen molar-refractivity contribution in [1.82, 2.24) is 0 Å². The van der Waals surface area contributed by atoms with Crippen LogP contribution in [0, 0.1) is 0 Å². The third-order valence-corrected chi connectivity index (χ3v) is 7.60. The van der Waals surface area contributed by atoms with Crippen LogP contribution in [-0.2, 0) is 10.8 Å². The Kier molecular flexibility index (Phi) is 3.50. The first-order valence-electron chi connectivity index (χ1n) is 11.0. The molecule has 0 heterocycles. The summed E-state index contributed by atoms with van der Waals surface area (Å²) >= 11 is 0. The molecule has 1 N–H and O–H groups in total. The summed E-state index contributed by atoms with van der Waals surface area (Å²) in [7, 11) is 0. The third-order valence-electron chi connectivity index (χ3n) is 7.60. The molecule has 0 bridgehead atoms. The molecular weight excluding hydrogens is 376 g/mol. The van der Waals surface area contributed by atoms with E-state index in [0.717, 1.165) is 11.1 Å². The molecule has 2 aliphatic carbocycles. The lowest BCUT2D eigenvalue weighted by molar-refractivity contribution is 0.476. The Labute approximate surface area is 184 Å². The Balaban J connectivity index is 1.61. The number of benzene rings is 4. The Morgan fingerprint density at radius 1 is 0.516 bits per heavy atom. The van der Waals surface area contributed by atoms with Crippen LogP contribution in [0.5, 0.6) is 5.75 Å². The highest BCUT2D eigenvalue weighted by molar-refractivity contribution is 5.94. The molecule has 1 nitrogen and oxygen atoms in total. The molecule has 0 aliphatic heterocycles. The van der Waals surface area contributed by atoms with Gasteiger partial charge in [-0.1, -0.05) is 94.4 Å². The summed E-state index contributed by atoms with van der Waals surface area (Å²) in [6.45, 7) is 9.17. The van der Waals surface area contributed by atoms with Gasteiger partial charge in [0, 0.05) is 16.4 Å². The van der Waals surface area contributed by atoms with Crippen LogP contribution in [0.25, 0.3) is 33.4 Å². The summed E-state index contributed by atoms with van der Waals surface area (Å²) in [5.41, 5.74) is 12.5. The SMILES string of the molecule is CC1(C)c2cc(-c3cccc4c3-c3ccccc3C4(C)C)ccc2-c2c(O)cccc21. The van der Waals surface area contributed by atoms with E-state index in [1.807, 2.05) is 6.07 Å². The highest BCUT2D eigenvalue weighted by atomic mass is 16.3. The summed E-state index contributed by atoms with van der Waals surface area (Å²) in [6, 6.07) is 28.2. The predicted molar refractivity (Wildman–Crippen MR) is 129 cm³/mol. The second-order valence-electron chi connectivity index (χ2n) is 9.98. The van der Waals surface area contributed by atoms with Gasteiger partial charge in [-0.15, -0.1) is 0 Å². The zero-order valence-corrected chi connectivity index (χ0v) is 18.5. The number of aromatic hydroxyl groups is 1. The van der Waals surface area contributed by atoms with E-state index in [9.17, 15) is 5.11 Å². The van der Waals surface area contributed by atoms with Crippen molar-refractivity contribution in [3.05, 3.63) is 101 Å². The number of phenolic OH excluding ortho intramolecular Hbond substituents is 1. The van der Waals surface area contributed by atoms with E-state index in [4.69, 9.17) is 0 Å². The van der Waals surface area contributed by atoms with Gasteiger partial charge in [0.15, 0.2) is 0 Å². The van der Waals surface area contributed by atoms with Gasteiger partial charge in [-0.05, 0) is 62.2 Å². The fourth-order valence-corrected chi connectivity index (χ4v) is 5.93. The van der Waals surface area contributed by atoms with Gasteiger partial charge >= 0.3 is 0 Å². The molecule has 1 heteroatoms. The molecule has 31 heavy (non-hydrogen) atoms. The van der Waals surface area contributed by atoms with Gasteiger partial charge in [0.2, 0.25) is 0 Å². The van der Waals surface area contributed by atoms with Crippen molar-refractivity contribution >= 4 is 0 Å². The topological polar surface area (TPSA) is 20.2 Å². The molecule has 0 saturated heterocycles. The molecule has 0 atom stereocenters. The first-order chi connectivity index (χ1) is 14.8. The van der Waals surface area contributed by atoms with Crippen LogP contribution in [0.1, 0.15) is 49.9 Å². The fourth-order valence-electron chi connectivity index (χ4n) is 5.93. The average Bonchev–Trinajstić information content (AvgIpc) is 3.14. The van der Waals surface area contributed by atoms with Crippen LogP contribution < -0.4 is 0 Å². The Morgan fingerprint density at radius 2 is 1.10 bits per heavy atom. The Bertz CT molecular complexity index is 1390. The van der Waals surface area contributed by atoms with E-state index in [0.29, 0.717) is 5.75 Å². The van der Waals surface area contributed by atoms with Crippen LogP contribution in [0.15, 0.2) is 78.9 Å². The molecule has 4 aromatic rings. The predicted octanol–water partition coefficient (Wildman–Crippen LogP) is 7.67. The third kappa shape index (κ3) is 2.27. The van der Waals surface area contributed by atoms with Gasteiger partial charge in [-0.2, -0.15) is 0 Å². The Morgan fingerprint density at radius 3 is 1.90 bits per heavy atom. The largest absolute Gasteiger partial charge is 0.507 e. The molecule has 2 aliphatic rings. The molecular formula is C30H26O. The molecule has 0 fully saturated rings. The molecule has 0 radical (unpaired) electrons. The van der Waals surface area contributed by atoms with E-state index in [1.54, 1.807) is 6.07 Å². The Hall–Kier alpha value is -3.32. The second kappa shape index (κ2) is 5.88. The number of hydrogen-bond donors (Lipinski definition) is 1. The summed E-state index contributed by atoms with van der Waals surface area (Å²) in [4.78, 5) is 0. The highest BCUT2D eigenvalue weighted by Gasteiger charge is 2.39. The van der Waals surface area contributed by atoms with Crippen molar-refractivity contribution in [2.24, 2.45) is 0 Å². The normalized spacial score (nSPS) is 16.4. The van der Waals surface area contributed by atoms with Gasteiger partial charge in [0.1, 0.15) is 5.75 Å². The lowest BCUT2D eigenvalue weighted by atomic mass is 9.80. The maximum Gasteiger partial charge on any atom is 0.123 e. The van der Waals surface area contributed by atoms with Crippen LogP contribution in [-0.4, -0.2) is 5.11 Å². The molecule has 0 amide bonds. The van der Waals surface area contributed by atoms with Crippen molar-refractivity contribution in [1.29, 1.82) is 0 Å². The van der Waals surface area contributed by atoms with Crippen molar-refractivity contribution in [3.8, 4) is 39.1 Å². The smallest absolute Gasteiger partial charge is 0.123 e. The van der Waals surface area contributed by atoms with Crippen LogP contribution in [0.4, 0.5) is 0 Å². The lowest BCUT2D eigenvalue weighted by Gasteiger charge is -2.23. The first kappa shape index (κ1) is 18.4. The molecule has 152 valence electrons. The number of rotatable bonds is 1. The van der Waals surface area contributed by atoms with Gasteiger partial charge < -0.3 is 5.11 Å². The minimum atomic E-state index is -0.144. The van der Waals surface area contributed by atoms with E-state index < -0.39 is 0 Å². The van der Waals surface area contributed by atoms with Gasteiger partial charge in [0.25, 0.3) is 0 Å². The monoisotopic (exact) mass is 402 g/mol. The van der Waals surface area contributed by atoms with Gasteiger partial charge in [-0.3, -0.25) is 0 Å². The molecule has 6 rings (SSSR count). The highest BCUT2D eigenvalue weighted by Crippen LogP contribution is 2.55. The minimum absolute atomic E-state index is 0.0000387. The van der Waals surface area contributed by atoms with E-state index in [1.165, 1.54) is 44.5 Å². The molecule has 0 aromatic heterocycles. The van der Waals surface area contributed by atoms with Crippen molar-refractivity contribution in [2.45, 2.75) is 38.5 Å². The van der Waals surface area contributed by atoms with Crippen LogP contribution in [0.2, 0.25) is 0 Å². The standard InChI is InChI=1S/C30H26O/c1-29(2)22-11-6-5-9-20(22)27-19(10-7-12-23(27)29)18-15-16-21-25(17-18)30(3,4)24-13-8-14-26(31)28(21)24/h5-17,31H,1-4H3. The lowest BCUT2D eigenvalue weighted by Crippen LogP contribution is -2.15. The van der Waals surface area contributed by atoms with E-state index >= 15 is 0 Å². The summed E-state index contributed by atoms with van der Waals surface area (Å²) in [6.07, 6.45) is 0. The number of phenols is 1. The van der Waals surface area contributed by atoms with Crippen molar-refractivity contribution in [3.63, 3.8) is 0 Å².